The molecule has 0 heterocycles. The molecule has 0 aromatic rings. The van der Waals surface area contributed by atoms with E-state index in [0.717, 1.165) is 0 Å². The third-order valence-corrected chi connectivity index (χ3v) is 1.62. The van der Waals surface area contributed by atoms with E-state index in [1.807, 2.05) is 0 Å². The van der Waals surface area contributed by atoms with Crippen molar-refractivity contribution in [2.24, 2.45) is 0 Å². The molecular weight excluding hydrogens is 180 g/mol. The second kappa shape index (κ2) is 4.90. The molecule has 6 nitrogen and oxygen atoms in total. The first-order chi connectivity index (χ1) is 5.91. The third-order valence-electron chi connectivity index (χ3n) is 1.62. The molecule has 0 unspecified atom stereocenters. The van der Waals surface area contributed by atoms with E-state index in [2.05, 4.69) is 0 Å². The summed E-state index contributed by atoms with van der Waals surface area (Å²) in [4.78, 5) is 20.6. The zero-order chi connectivity index (χ0) is 10.6. The van der Waals surface area contributed by atoms with E-state index in [4.69, 9.17) is 20.4 Å². The number of ketones is 1. The second-order valence-electron chi connectivity index (χ2n) is 2.58. The average molecular weight is 192 g/mol. The van der Waals surface area contributed by atoms with Gasteiger partial charge in [0, 0.05) is 0 Å². The van der Waals surface area contributed by atoms with Crippen molar-refractivity contribution in [2.75, 3.05) is 0 Å². The zero-order valence-corrected chi connectivity index (χ0v) is 7.04. The van der Waals surface area contributed by atoms with Gasteiger partial charge in [-0.05, 0) is 6.42 Å². The first-order valence-corrected chi connectivity index (χ1v) is 3.73. The smallest absolute Gasteiger partial charge is 0.375 e. The number of rotatable bonds is 5. The van der Waals surface area contributed by atoms with Gasteiger partial charge >= 0.3 is 5.97 Å². The van der Waals surface area contributed by atoms with Gasteiger partial charge in [-0.2, -0.15) is 0 Å². The number of hydrogen-bond donors (Lipinski definition) is 4. The summed E-state index contributed by atoms with van der Waals surface area (Å²) < 4.78 is 0. The molecule has 0 aromatic heterocycles. The van der Waals surface area contributed by atoms with Crippen LogP contribution in [0.5, 0.6) is 0 Å². The lowest BCUT2D eigenvalue weighted by molar-refractivity contribution is -0.158. The molecule has 0 spiro atoms. The average Bonchev–Trinajstić information content (AvgIpc) is 2.12. The van der Waals surface area contributed by atoms with Gasteiger partial charge in [-0.1, -0.05) is 6.92 Å². The van der Waals surface area contributed by atoms with Crippen LogP contribution < -0.4 is 0 Å². The minimum absolute atomic E-state index is 0.116. The maximum absolute atomic E-state index is 10.6. The van der Waals surface area contributed by atoms with Crippen LogP contribution in [0.15, 0.2) is 0 Å². The fourth-order valence-electron chi connectivity index (χ4n) is 0.734. The number of hydrogen-bond acceptors (Lipinski definition) is 5. The Bertz CT molecular complexity index is 201. The van der Waals surface area contributed by atoms with Crippen LogP contribution in [0.25, 0.3) is 0 Å². The largest absolute Gasteiger partial charge is 0.475 e. The van der Waals surface area contributed by atoms with Gasteiger partial charge in [0.05, 0.1) is 6.10 Å². The maximum atomic E-state index is 10.6. The van der Waals surface area contributed by atoms with E-state index in [-0.39, 0.29) is 6.42 Å². The van der Waals surface area contributed by atoms with Crippen LogP contribution in [0.2, 0.25) is 0 Å². The van der Waals surface area contributed by atoms with E-state index in [1.54, 1.807) is 0 Å². The summed E-state index contributed by atoms with van der Waals surface area (Å²) in [6.07, 6.45) is -5.02. The molecule has 0 aromatic carbocycles. The second-order valence-corrected chi connectivity index (χ2v) is 2.58. The highest BCUT2D eigenvalue weighted by molar-refractivity contribution is 6.34. The number of aliphatic hydroxyl groups is 3. The molecule has 3 atom stereocenters. The lowest BCUT2D eigenvalue weighted by Crippen LogP contribution is -2.44. The van der Waals surface area contributed by atoms with Crippen molar-refractivity contribution < 1.29 is 30.0 Å². The van der Waals surface area contributed by atoms with Gasteiger partial charge < -0.3 is 20.4 Å². The zero-order valence-electron chi connectivity index (χ0n) is 7.04. The molecule has 0 bridgehead atoms. The van der Waals surface area contributed by atoms with E-state index >= 15 is 0 Å². The van der Waals surface area contributed by atoms with E-state index in [1.165, 1.54) is 6.92 Å². The SMILES string of the molecule is CC[C@@H](O)[C@H](O)[C@@H](O)C(=O)C(=O)O. The molecule has 0 saturated carbocycles. The number of Topliss-reactive ketones (excluding diaryl/α,β-unsaturated/α-hetero) is 1. The van der Waals surface area contributed by atoms with Crippen LogP contribution in [0, 0.1) is 0 Å². The van der Waals surface area contributed by atoms with Crippen LogP contribution in [-0.2, 0) is 9.59 Å². The Morgan fingerprint density at radius 2 is 1.69 bits per heavy atom. The van der Waals surface area contributed by atoms with Crippen LogP contribution >= 0.6 is 0 Å². The highest BCUT2D eigenvalue weighted by atomic mass is 16.4. The Labute approximate surface area is 74.4 Å². The highest BCUT2D eigenvalue weighted by Crippen LogP contribution is 2.04. The normalized spacial score (nSPS) is 17.5. The quantitative estimate of drug-likeness (QED) is 0.379. The lowest BCUT2D eigenvalue weighted by atomic mass is 10.0. The topological polar surface area (TPSA) is 115 Å². The molecule has 0 amide bonds. The monoisotopic (exact) mass is 192 g/mol. The molecule has 0 aliphatic carbocycles. The summed E-state index contributed by atoms with van der Waals surface area (Å²) in [7, 11) is 0. The Morgan fingerprint density at radius 3 is 2.00 bits per heavy atom. The molecule has 4 N–H and O–H groups in total. The van der Waals surface area contributed by atoms with Crippen molar-refractivity contribution in [1.82, 2.24) is 0 Å². The molecule has 0 aliphatic heterocycles. The summed E-state index contributed by atoms with van der Waals surface area (Å²) in [5, 5.41) is 35.1. The van der Waals surface area contributed by atoms with Gasteiger partial charge in [0.2, 0.25) is 0 Å². The molecule has 0 aliphatic rings. The molecule has 13 heavy (non-hydrogen) atoms. The summed E-state index contributed by atoms with van der Waals surface area (Å²) >= 11 is 0. The predicted octanol–water partition coefficient (Wildman–Crippen LogP) is -1.87. The Kier molecular flexibility index (Phi) is 4.53. The number of aliphatic hydroxyl groups excluding tert-OH is 3. The Hall–Kier alpha value is -0.980. The maximum Gasteiger partial charge on any atom is 0.375 e. The van der Waals surface area contributed by atoms with Crippen LogP contribution in [0.3, 0.4) is 0 Å². The summed E-state index contributed by atoms with van der Waals surface area (Å²) in [6, 6.07) is 0. The molecule has 0 saturated heterocycles. The van der Waals surface area contributed by atoms with E-state index in [9.17, 15) is 9.59 Å². The fourth-order valence-corrected chi connectivity index (χ4v) is 0.734. The van der Waals surface area contributed by atoms with Gasteiger partial charge in [0.25, 0.3) is 5.78 Å². The minimum atomic E-state index is -2.08. The van der Waals surface area contributed by atoms with Crippen molar-refractivity contribution in [1.29, 1.82) is 0 Å². The van der Waals surface area contributed by atoms with Crippen LogP contribution in [-0.4, -0.2) is 50.5 Å². The molecular formula is C7H12O6. The van der Waals surface area contributed by atoms with Gasteiger partial charge in [0.15, 0.2) is 6.10 Å². The standard InChI is InChI=1S/C7H12O6/c1-2-3(8)4(9)5(10)6(11)7(12)13/h3-5,8-10H,2H2,1H3,(H,12,13)/t3-,4+,5-/m1/s1. The summed E-state index contributed by atoms with van der Waals surface area (Å²) in [5.74, 6) is -3.37. The minimum Gasteiger partial charge on any atom is -0.475 e. The van der Waals surface area contributed by atoms with Crippen LogP contribution in [0.1, 0.15) is 13.3 Å². The van der Waals surface area contributed by atoms with Crippen molar-refractivity contribution in [2.45, 2.75) is 31.7 Å². The third kappa shape index (κ3) is 3.10. The predicted molar refractivity (Wildman–Crippen MR) is 41.0 cm³/mol. The highest BCUT2D eigenvalue weighted by Gasteiger charge is 2.32. The Balaban J connectivity index is 4.33. The van der Waals surface area contributed by atoms with Crippen molar-refractivity contribution >= 4 is 11.8 Å². The van der Waals surface area contributed by atoms with Crippen molar-refractivity contribution in [3.63, 3.8) is 0 Å². The van der Waals surface area contributed by atoms with Gasteiger partial charge in [0.1, 0.15) is 6.10 Å². The number of carbonyl (C=O) groups excluding carboxylic acids is 1. The van der Waals surface area contributed by atoms with Crippen molar-refractivity contribution in [3.8, 4) is 0 Å². The van der Waals surface area contributed by atoms with Crippen molar-refractivity contribution in [3.05, 3.63) is 0 Å². The van der Waals surface area contributed by atoms with E-state index < -0.39 is 30.1 Å². The molecule has 76 valence electrons. The fraction of sp³-hybridized carbons (Fsp3) is 0.714. The molecule has 0 rings (SSSR count). The van der Waals surface area contributed by atoms with Gasteiger partial charge in [-0.15, -0.1) is 0 Å². The first kappa shape index (κ1) is 12.0. The van der Waals surface area contributed by atoms with Gasteiger partial charge in [-0.3, -0.25) is 4.79 Å². The number of carboxylic acid groups (broad SMARTS) is 1. The molecule has 0 fully saturated rings. The number of aliphatic carboxylic acids is 1. The summed E-state index contributed by atoms with van der Waals surface area (Å²) in [6.45, 7) is 1.52. The summed E-state index contributed by atoms with van der Waals surface area (Å²) in [5.41, 5.74) is 0. The lowest BCUT2D eigenvalue weighted by Gasteiger charge is -2.19. The molecule has 0 radical (unpaired) electrons. The number of carboxylic acids is 1. The van der Waals surface area contributed by atoms with E-state index in [0.29, 0.717) is 0 Å². The van der Waals surface area contributed by atoms with Crippen LogP contribution in [0.4, 0.5) is 0 Å². The first-order valence-electron chi connectivity index (χ1n) is 3.73. The molecule has 6 heteroatoms. The number of carbonyl (C=O) groups is 2. The van der Waals surface area contributed by atoms with Gasteiger partial charge in [-0.25, -0.2) is 4.79 Å². The Morgan fingerprint density at radius 1 is 1.23 bits per heavy atom.